The van der Waals surface area contributed by atoms with E-state index in [1.54, 1.807) is 14.2 Å². The van der Waals surface area contributed by atoms with Crippen molar-refractivity contribution >= 4 is 16.9 Å². The summed E-state index contributed by atoms with van der Waals surface area (Å²) in [5.41, 5.74) is 0.788. The lowest BCUT2D eigenvalue weighted by Gasteiger charge is -2.08. The molecule has 0 radical (unpaired) electrons. The van der Waals surface area contributed by atoms with Crippen LogP contribution < -0.4 is 21.3 Å². The van der Waals surface area contributed by atoms with E-state index in [9.17, 15) is 14.4 Å². The molecule has 3 aromatic rings. The van der Waals surface area contributed by atoms with Gasteiger partial charge in [0.25, 0.3) is 5.56 Å². The number of carbonyl (C=O) groups excluding carboxylic acids is 1. The maximum Gasteiger partial charge on any atom is 0.331 e. The first-order valence-electron chi connectivity index (χ1n) is 8.43. The normalized spacial score (nSPS) is 10.9. The van der Waals surface area contributed by atoms with Crippen molar-refractivity contribution in [2.45, 2.75) is 13.0 Å². The highest BCUT2D eigenvalue weighted by atomic mass is 16.5. The Bertz CT molecular complexity index is 1090. The highest BCUT2D eigenvalue weighted by molar-refractivity contribution is 5.79. The molecule has 0 spiro atoms. The zero-order valence-corrected chi connectivity index (χ0v) is 15.4. The average molecular weight is 371 g/mol. The summed E-state index contributed by atoms with van der Waals surface area (Å²) in [6.07, 6.45) is 2.09. The number of nitrogens with one attached hydrogen (secondary N) is 1. The molecule has 0 saturated heterocycles. The number of hydrogen-bond acceptors (Lipinski definition) is 5. The fraction of sp³-hybridized carbons (Fsp3) is 0.333. The van der Waals surface area contributed by atoms with Crippen LogP contribution in [0.25, 0.3) is 11.0 Å². The summed E-state index contributed by atoms with van der Waals surface area (Å²) in [6, 6.07) is 7.62. The Morgan fingerprint density at radius 3 is 2.52 bits per heavy atom. The van der Waals surface area contributed by atoms with Gasteiger partial charge in [-0.3, -0.25) is 18.7 Å². The van der Waals surface area contributed by atoms with Gasteiger partial charge in [-0.15, -0.1) is 0 Å². The van der Waals surface area contributed by atoms with Crippen molar-refractivity contribution in [3.8, 4) is 5.75 Å². The van der Waals surface area contributed by atoms with E-state index in [2.05, 4.69) is 10.4 Å². The number of methoxy groups -OCH3 is 1. The SMILES string of the molecule is COc1ccc(CCNC(=O)Cn2ncc3c2c(=O)n(C)c(=O)n3C)cc1. The van der Waals surface area contributed by atoms with E-state index >= 15 is 0 Å². The van der Waals surface area contributed by atoms with Crippen LogP contribution in [0.2, 0.25) is 0 Å². The maximum absolute atomic E-state index is 12.4. The first-order valence-corrected chi connectivity index (χ1v) is 8.43. The predicted octanol–water partition coefficient (Wildman–Crippen LogP) is -0.199. The third kappa shape index (κ3) is 3.62. The molecule has 0 aliphatic carbocycles. The van der Waals surface area contributed by atoms with Crippen LogP contribution in [0.5, 0.6) is 5.75 Å². The van der Waals surface area contributed by atoms with Crippen LogP contribution in [0.15, 0.2) is 40.1 Å². The molecule has 142 valence electrons. The van der Waals surface area contributed by atoms with Gasteiger partial charge >= 0.3 is 5.69 Å². The second kappa shape index (κ2) is 7.48. The van der Waals surface area contributed by atoms with E-state index in [1.165, 1.54) is 22.5 Å². The molecular weight excluding hydrogens is 350 g/mol. The average Bonchev–Trinajstić information content (AvgIpc) is 3.08. The van der Waals surface area contributed by atoms with Crippen molar-refractivity contribution in [2.75, 3.05) is 13.7 Å². The summed E-state index contributed by atoms with van der Waals surface area (Å²) in [7, 11) is 4.57. The molecule has 0 aliphatic rings. The lowest BCUT2D eigenvalue weighted by Crippen LogP contribution is -2.38. The number of ether oxygens (including phenoxy) is 1. The van der Waals surface area contributed by atoms with Gasteiger partial charge in [0, 0.05) is 20.6 Å². The minimum Gasteiger partial charge on any atom is -0.497 e. The second-order valence-electron chi connectivity index (χ2n) is 6.19. The molecule has 2 heterocycles. The minimum absolute atomic E-state index is 0.0977. The zero-order chi connectivity index (χ0) is 19.6. The quantitative estimate of drug-likeness (QED) is 0.647. The van der Waals surface area contributed by atoms with Gasteiger partial charge in [0.15, 0.2) is 5.52 Å². The molecule has 9 heteroatoms. The number of aryl methyl sites for hydroxylation is 1. The lowest BCUT2D eigenvalue weighted by molar-refractivity contribution is -0.121. The van der Waals surface area contributed by atoms with E-state index in [0.717, 1.165) is 15.9 Å². The van der Waals surface area contributed by atoms with Crippen molar-refractivity contribution < 1.29 is 9.53 Å². The van der Waals surface area contributed by atoms with Crippen molar-refractivity contribution in [3.05, 3.63) is 56.9 Å². The molecule has 0 aliphatic heterocycles. The molecule has 2 aromatic heterocycles. The number of carbonyl (C=O) groups is 1. The molecular formula is C18H21N5O4. The summed E-state index contributed by atoms with van der Waals surface area (Å²) in [4.78, 5) is 36.5. The Morgan fingerprint density at radius 1 is 1.15 bits per heavy atom. The molecule has 27 heavy (non-hydrogen) atoms. The van der Waals surface area contributed by atoms with Crippen molar-refractivity contribution in [3.63, 3.8) is 0 Å². The van der Waals surface area contributed by atoms with Crippen LogP contribution in [-0.2, 0) is 31.9 Å². The highest BCUT2D eigenvalue weighted by Crippen LogP contribution is 2.11. The number of benzene rings is 1. The molecule has 0 bridgehead atoms. The third-order valence-electron chi connectivity index (χ3n) is 4.45. The zero-order valence-electron chi connectivity index (χ0n) is 15.4. The Morgan fingerprint density at radius 2 is 1.85 bits per heavy atom. The van der Waals surface area contributed by atoms with Crippen LogP contribution >= 0.6 is 0 Å². The number of aromatic nitrogens is 4. The fourth-order valence-electron chi connectivity index (χ4n) is 2.86. The molecule has 0 unspecified atom stereocenters. The van der Waals surface area contributed by atoms with Crippen LogP contribution in [0.4, 0.5) is 0 Å². The van der Waals surface area contributed by atoms with Gasteiger partial charge in [0.1, 0.15) is 12.3 Å². The summed E-state index contributed by atoms with van der Waals surface area (Å²) in [5.74, 6) is 0.522. The van der Waals surface area contributed by atoms with E-state index in [0.29, 0.717) is 18.5 Å². The van der Waals surface area contributed by atoms with Crippen LogP contribution in [0, 0.1) is 0 Å². The largest absolute Gasteiger partial charge is 0.497 e. The maximum atomic E-state index is 12.4. The number of nitrogens with zero attached hydrogens (tertiary/aromatic N) is 4. The summed E-state index contributed by atoms with van der Waals surface area (Å²) in [6.45, 7) is 0.362. The first kappa shape index (κ1) is 18.4. The Labute approximate surface area is 154 Å². The molecule has 3 rings (SSSR count). The fourth-order valence-corrected chi connectivity index (χ4v) is 2.86. The topological polar surface area (TPSA) is 100 Å². The van der Waals surface area contributed by atoms with Gasteiger partial charge in [-0.05, 0) is 24.1 Å². The van der Waals surface area contributed by atoms with Crippen LogP contribution in [-0.4, -0.2) is 38.5 Å². The summed E-state index contributed by atoms with van der Waals surface area (Å²) < 4.78 is 8.77. The van der Waals surface area contributed by atoms with Gasteiger partial charge in [-0.25, -0.2) is 9.48 Å². The van der Waals surface area contributed by atoms with Crippen molar-refractivity contribution in [1.82, 2.24) is 24.2 Å². The van der Waals surface area contributed by atoms with Crippen LogP contribution in [0.1, 0.15) is 5.56 Å². The number of rotatable bonds is 6. The smallest absolute Gasteiger partial charge is 0.331 e. The van der Waals surface area contributed by atoms with Gasteiger partial charge in [0.05, 0.1) is 18.8 Å². The van der Waals surface area contributed by atoms with Crippen molar-refractivity contribution in [1.29, 1.82) is 0 Å². The van der Waals surface area contributed by atoms with Gasteiger partial charge < -0.3 is 10.1 Å². The second-order valence-corrected chi connectivity index (χ2v) is 6.19. The number of fused-ring (bicyclic) bond motifs is 1. The van der Waals surface area contributed by atoms with Crippen LogP contribution in [0.3, 0.4) is 0 Å². The molecule has 0 atom stereocenters. The van der Waals surface area contributed by atoms with Gasteiger partial charge in [-0.1, -0.05) is 12.1 Å². The molecule has 1 aromatic carbocycles. The number of amides is 1. The molecule has 1 N–H and O–H groups in total. The minimum atomic E-state index is -0.475. The molecule has 0 fully saturated rings. The Hall–Kier alpha value is -3.36. The van der Waals surface area contributed by atoms with E-state index < -0.39 is 11.2 Å². The monoisotopic (exact) mass is 371 g/mol. The molecule has 0 saturated carbocycles. The van der Waals surface area contributed by atoms with E-state index in [4.69, 9.17) is 4.74 Å². The molecule has 9 nitrogen and oxygen atoms in total. The predicted molar refractivity (Wildman–Crippen MR) is 99.9 cm³/mol. The number of hydrogen-bond donors (Lipinski definition) is 1. The molecule has 1 amide bonds. The lowest BCUT2D eigenvalue weighted by atomic mass is 10.1. The van der Waals surface area contributed by atoms with E-state index in [-0.39, 0.29) is 18.0 Å². The highest BCUT2D eigenvalue weighted by Gasteiger charge is 2.15. The van der Waals surface area contributed by atoms with E-state index in [1.807, 2.05) is 24.3 Å². The third-order valence-corrected chi connectivity index (χ3v) is 4.45. The van der Waals surface area contributed by atoms with Gasteiger partial charge in [0.2, 0.25) is 5.91 Å². The summed E-state index contributed by atoms with van der Waals surface area (Å²) in [5, 5.41) is 6.91. The Balaban J connectivity index is 1.67. The summed E-state index contributed by atoms with van der Waals surface area (Å²) >= 11 is 0. The first-order chi connectivity index (χ1) is 12.9. The van der Waals surface area contributed by atoms with Gasteiger partial charge in [-0.2, -0.15) is 5.10 Å². The van der Waals surface area contributed by atoms with Crippen molar-refractivity contribution in [2.24, 2.45) is 14.1 Å². The standard InChI is InChI=1S/C18H21N5O4/c1-21-14-10-20-23(16(14)17(25)22(2)18(21)26)11-15(24)19-9-8-12-4-6-13(27-3)7-5-12/h4-7,10H,8-9,11H2,1-3H3,(H,19,24). The Kier molecular flexibility index (Phi) is 5.11.